The fourth-order valence-electron chi connectivity index (χ4n) is 2.35. The first-order chi connectivity index (χ1) is 9.40. The van der Waals surface area contributed by atoms with E-state index in [4.69, 9.17) is 0 Å². The van der Waals surface area contributed by atoms with Crippen molar-refractivity contribution in [1.29, 1.82) is 0 Å². The van der Waals surface area contributed by atoms with Gasteiger partial charge in [-0.1, -0.05) is 54.3 Å². The average molecular weight is 247 g/mol. The van der Waals surface area contributed by atoms with Crippen molar-refractivity contribution in [3.05, 3.63) is 71.3 Å². The van der Waals surface area contributed by atoms with Gasteiger partial charge in [0.15, 0.2) is 0 Å². The van der Waals surface area contributed by atoms with Crippen molar-refractivity contribution in [2.75, 3.05) is 13.1 Å². The van der Waals surface area contributed by atoms with Crippen LogP contribution in [0.5, 0.6) is 0 Å². The van der Waals surface area contributed by atoms with Crippen LogP contribution >= 0.6 is 0 Å². The van der Waals surface area contributed by atoms with Crippen LogP contribution in [0, 0.1) is 11.8 Å². The molecule has 1 heteroatoms. The first-order valence-electron chi connectivity index (χ1n) is 6.74. The van der Waals surface area contributed by atoms with Gasteiger partial charge in [0.05, 0.1) is 6.54 Å². The molecule has 0 spiro atoms. The van der Waals surface area contributed by atoms with Crippen LogP contribution in [0.4, 0.5) is 0 Å². The third-order valence-corrected chi connectivity index (χ3v) is 3.46. The molecular weight excluding hydrogens is 230 g/mol. The molecule has 2 aromatic rings. The highest BCUT2D eigenvalue weighted by Gasteiger charge is 2.08. The lowest BCUT2D eigenvalue weighted by Crippen LogP contribution is -2.27. The third kappa shape index (κ3) is 3.24. The van der Waals surface area contributed by atoms with Gasteiger partial charge in [-0.05, 0) is 29.7 Å². The van der Waals surface area contributed by atoms with E-state index in [1.54, 1.807) is 0 Å². The van der Waals surface area contributed by atoms with Crippen LogP contribution < -0.4 is 0 Å². The zero-order chi connectivity index (χ0) is 12.9. The van der Waals surface area contributed by atoms with Crippen LogP contribution in [0.25, 0.3) is 0 Å². The normalized spacial score (nSPS) is 14.3. The molecule has 2 aromatic carbocycles. The lowest BCUT2D eigenvalue weighted by Gasteiger charge is -2.22. The van der Waals surface area contributed by atoms with Gasteiger partial charge in [-0.3, -0.25) is 4.90 Å². The zero-order valence-corrected chi connectivity index (χ0v) is 11.0. The van der Waals surface area contributed by atoms with Crippen molar-refractivity contribution in [2.45, 2.75) is 13.0 Å². The Morgan fingerprint density at radius 1 is 0.895 bits per heavy atom. The van der Waals surface area contributed by atoms with Crippen molar-refractivity contribution < 1.29 is 0 Å². The molecule has 0 saturated carbocycles. The fourth-order valence-corrected chi connectivity index (χ4v) is 2.35. The Hall–Kier alpha value is -2.04. The molecular formula is C18H17N. The molecule has 4 rings (SSSR count). The van der Waals surface area contributed by atoms with Crippen LogP contribution in [0.15, 0.2) is 54.6 Å². The molecule has 0 atom stereocenters. The van der Waals surface area contributed by atoms with E-state index in [0.29, 0.717) is 0 Å². The van der Waals surface area contributed by atoms with Crippen LogP contribution in [0.3, 0.4) is 0 Å². The molecule has 2 bridgehead atoms. The molecule has 0 fully saturated rings. The Balaban J connectivity index is 1.65. The molecule has 0 aromatic heterocycles. The zero-order valence-electron chi connectivity index (χ0n) is 11.0. The lowest BCUT2D eigenvalue weighted by molar-refractivity contribution is 0.300. The van der Waals surface area contributed by atoms with E-state index in [9.17, 15) is 0 Å². The number of nitrogens with zero attached hydrogens (tertiary/aromatic N) is 1. The van der Waals surface area contributed by atoms with E-state index >= 15 is 0 Å². The average Bonchev–Trinajstić information content (AvgIpc) is 2.43. The number of benzene rings is 2. The first-order valence-corrected chi connectivity index (χ1v) is 6.74. The summed E-state index contributed by atoms with van der Waals surface area (Å²) >= 11 is 0. The Bertz CT molecular complexity index is 587. The van der Waals surface area contributed by atoms with Gasteiger partial charge < -0.3 is 0 Å². The number of hydrogen-bond acceptors (Lipinski definition) is 1. The largest absolute Gasteiger partial charge is 0.288 e. The smallest absolute Gasteiger partial charge is 0.0608 e. The molecule has 0 amide bonds. The molecule has 0 N–H and O–H groups in total. The molecule has 2 aliphatic rings. The van der Waals surface area contributed by atoms with Crippen molar-refractivity contribution in [2.24, 2.45) is 0 Å². The molecule has 2 aliphatic heterocycles. The van der Waals surface area contributed by atoms with E-state index in [1.165, 1.54) is 11.1 Å². The maximum atomic E-state index is 3.28. The maximum Gasteiger partial charge on any atom is 0.0608 e. The molecule has 0 saturated heterocycles. The van der Waals surface area contributed by atoms with Crippen LogP contribution in [0.1, 0.15) is 16.7 Å². The van der Waals surface area contributed by atoms with Gasteiger partial charge in [-0.2, -0.15) is 0 Å². The first kappa shape index (κ1) is 12.0. The Kier molecular flexibility index (Phi) is 3.63. The molecule has 0 unspecified atom stereocenters. The Morgan fingerprint density at radius 2 is 1.63 bits per heavy atom. The third-order valence-electron chi connectivity index (χ3n) is 3.46. The van der Waals surface area contributed by atoms with Crippen LogP contribution in [0.2, 0.25) is 0 Å². The molecule has 0 aliphatic carbocycles. The lowest BCUT2D eigenvalue weighted by atomic mass is 10.1. The van der Waals surface area contributed by atoms with Crippen molar-refractivity contribution in [3.8, 4) is 11.8 Å². The van der Waals surface area contributed by atoms with E-state index < -0.39 is 0 Å². The second kappa shape index (κ2) is 5.73. The van der Waals surface area contributed by atoms with E-state index in [-0.39, 0.29) is 0 Å². The number of hydrogen-bond donors (Lipinski definition) is 0. The van der Waals surface area contributed by atoms with Gasteiger partial charge in [-0.15, -0.1) is 0 Å². The van der Waals surface area contributed by atoms with Gasteiger partial charge in [0.25, 0.3) is 0 Å². The SMILES string of the molecule is C(#Cc1ccccc1)CN1CCc2ccc(cc2)C1. The van der Waals surface area contributed by atoms with Gasteiger partial charge >= 0.3 is 0 Å². The summed E-state index contributed by atoms with van der Waals surface area (Å²) in [6.07, 6.45) is 1.12. The highest BCUT2D eigenvalue weighted by Crippen LogP contribution is 2.12. The topological polar surface area (TPSA) is 3.24 Å². The summed E-state index contributed by atoms with van der Waals surface area (Å²) < 4.78 is 0. The standard InChI is InChI=1S/C18H17N/c1-2-5-16(6-3-1)7-4-13-19-14-12-17-8-10-18(15-19)11-9-17/h1-3,5-6,8-11H,12-15H2. The van der Waals surface area contributed by atoms with E-state index in [2.05, 4.69) is 53.1 Å². The number of rotatable bonds is 1. The summed E-state index contributed by atoms with van der Waals surface area (Å²) in [5, 5.41) is 0. The fraction of sp³-hybridized carbons (Fsp3) is 0.222. The molecule has 19 heavy (non-hydrogen) atoms. The minimum Gasteiger partial charge on any atom is -0.288 e. The van der Waals surface area contributed by atoms with Crippen LogP contribution in [-0.2, 0) is 13.0 Å². The Morgan fingerprint density at radius 3 is 2.42 bits per heavy atom. The van der Waals surface area contributed by atoms with Gasteiger partial charge in [-0.25, -0.2) is 0 Å². The molecule has 2 heterocycles. The monoisotopic (exact) mass is 247 g/mol. The quantitative estimate of drug-likeness (QED) is 0.700. The van der Waals surface area contributed by atoms with Crippen molar-refractivity contribution in [1.82, 2.24) is 4.90 Å². The molecule has 94 valence electrons. The molecule has 0 radical (unpaired) electrons. The number of fused-ring (bicyclic) bond motifs is 5. The predicted octanol–water partition coefficient (Wildman–Crippen LogP) is 3.10. The van der Waals surface area contributed by atoms with E-state index in [0.717, 1.165) is 31.6 Å². The van der Waals surface area contributed by atoms with Crippen LogP contribution in [-0.4, -0.2) is 18.0 Å². The summed E-state index contributed by atoms with van der Waals surface area (Å²) in [6.45, 7) is 2.94. The van der Waals surface area contributed by atoms with Gasteiger partial charge in [0.1, 0.15) is 0 Å². The minimum atomic E-state index is 0.841. The summed E-state index contributed by atoms with van der Waals surface area (Å²) in [6, 6.07) is 19.1. The van der Waals surface area contributed by atoms with Crippen molar-refractivity contribution in [3.63, 3.8) is 0 Å². The summed E-state index contributed by atoms with van der Waals surface area (Å²) in [4.78, 5) is 2.41. The summed E-state index contributed by atoms with van der Waals surface area (Å²) in [7, 11) is 0. The van der Waals surface area contributed by atoms with Gasteiger partial charge in [0.2, 0.25) is 0 Å². The molecule has 1 nitrogen and oxygen atoms in total. The summed E-state index contributed by atoms with van der Waals surface area (Å²) in [5.41, 5.74) is 3.90. The summed E-state index contributed by atoms with van der Waals surface area (Å²) in [5.74, 6) is 6.51. The second-order valence-electron chi connectivity index (χ2n) is 4.94. The maximum absolute atomic E-state index is 3.28. The highest BCUT2D eigenvalue weighted by atomic mass is 15.1. The predicted molar refractivity (Wildman–Crippen MR) is 78.7 cm³/mol. The van der Waals surface area contributed by atoms with Crippen molar-refractivity contribution >= 4 is 0 Å². The Labute approximate surface area is 114 Å². The highest BCUT2D eigenvalue weighted by molar-refractivity contribution is 5.34. The second-order valence-corrected chi connectivity index (χ2v) is 4.94. The van der Waals surface area contributed by atoms with E-state index in [1.807, 2.05) is 18.2 Å². The van der Waals surface area contributed by atoms with Gasteiger partial charge in [0, 0.05) is 18.7 Å². The minimum absolute atomic E-state index is 0.841.